The molecule has 0 saturated carbocycles. The fourth-order valence-corrected chi connectivity index (χ4v) is 4.04. The summed E-state index contributed by atoms with van der Waals surface area (Å²) >= 11 is 0. The van der Waals surface area contributed by atoms with Gasteiger partial charge in [-0.05, 0) is 12.1 Å². The third-order valence-electron chi connectivity index (χ3n) is 3.74. The Balaban J connectivity index is 1.55. The Labute approximate surface area is 127 Å². The van der Waals surface area contributed by atoms with Crippen molar-refractivity contribution in [1.29, 1.82) is 0 Å². The van der Waals surface area contributed by atoms with E-state index in [1.807, 2.05) is 0 Å². The molecule has 0 spiro atoms. The first-order chi connectivity index (χ1) is 10.6. The maximum atomic E-state index is 12.6. The minimum atomic E-state index is -3.53. The molecule has 3 heterocycles. The van der Waals surface area contributed by atoms with Crippen LogP contribution in [0.3, 0.4) is 0 Å². The number of hydrogen-bond donors (Lipinski definition) is 0. The van der Waals surface area contributed by atoms with E-state index in [9.17, 15) is 8.42 Å². The van der Waals surface area contributed by atoms with Crippen molar-refractivity contribution in [3.05, 3.63) is 30.6 Å². The first kappa shape index (κ1) is 13.5. The molecule has 2 aliphatic heterocycles. The smallest absolute Gasteiger partial charge is 0.243 e. The molecule has 0 N–H and O–H groups in total. The average molecular weight is 322 g/mol. The molecular weight excluding hydrogens is 308 g/mol. The predicted octanol–water partition coefficient (Wildman–Crippen LogP) is 0.295. The van der Waals surface area contributed by atoms with E-state index in [4.69, 9.17) is 9.47 Å². The third kappa shape index (κ3) is 2.13. The first-order valence-corrected chi connectivity index (χ1v) is 8.34. The lowest BCUT2D eigenvalue weighted by molar-refractivity contribution is 0.169. The molecule has 9 heteroatoms. The fraction of sp³-hybridized carbons (Fsp3) is 0.385. The Morgan fingerprint density at radius 2 is 1.73 bits per heavy atom. The number of rotatable bonds is 3. The maximum absolute atomic E-state index is 12.6. The largest absolute Gasteiger partial charge is 0.486 e. The maximum Gasteiger partial charge on any atom is 0.243 e. The highest BCUT2D eigenvalue weighted by Crippen LogP contribution is 2.35. The predicted molar refractivity (Wildman–Crippen MR) is 75.2 cm³/mol. The lowest BCUT2D eigenvalue weighted by Crippen LogP contribution is -2.51. The summed E-state index contributed by atoms with van der Waals surface area (Å²) in [5.41, 5.74) is 0. The summed E-state index contributed by atoms with van der Waals surface area (Å²) in [5, 5.41) is 8.07. The van der Waals surface area contributed by atoms with Crippen LogP contribution < -0.4 is 9.47 Å². The van der Waals surface area contributed by atoms with Crippen molar-refractivity contribution in [2.24, 2.45) is 0 Å². The second kappa shape index (κ2) is 4.96. The summed E-state index contributed by atoms with van der Waals surface area (Å²) in [7, 11) is -3.53. The molecule has 1 saturated heterocycles. The van der Waals surface area contributed by atoms with E-state index in [2.05, 4.69) is 10.2 Å². The summed E-state index contributed by atoms with van der Waals surface area (Å²) in [4.78, 5) is 1.75. The van der Waals surface area contributed by atoms with Gasteiger partial charge in [-0.3, -0.25) is 0 Å². The summed E-state index contributed by atoms with van der Waals surface area (Å²) in [6.45, 7) is 1.63. The van der Waals surface area contributed by atoms with E-state index in [0.717, 1.165) is 0 Å². The molecule has 0 atom stereocenters. The second-order valence-corrected chi connectivity index (χ2v) is 7.07. The molecule has 1 fully saturated rings. The van der Waals surface area contributed by atoms with Gasteiger partial charge in [0, 0.05) is 19.2 Å². The number of fused-ring (bicyclic) bond motifs is 1. The zero-order valence-electron chi connectivity index (χ0n) is 11.6. The van der Waals surface area contributed by atoms with Crippen molar-refractivity contribution in [3.8, 4) is 11.5 Å². The Morgan fingerprint density at radius 3 is 2.45 bits per heavy atom. The standard InChI is InChI=1S/C13H14N4O4S/c18-22(19,16-8-10(9-16)17-14-3-4-15-17)11-1-2-12-13(7-11)21-6-5-20-12/h1-4,7,10H,5-6,8-9H2. The van der Waals surface area contributed by atoms with Crippen LogP contribution in [0.15, 0.2) is 35.5 Å². The summed E-state index contributed by atoms with van der Waals surface area (Å²) in [6, 6.07) is 4.68. The van der Waals surface area contributed by atoms with Crippen LogP contribution >= 0.6 is 0 Å². The van der Waals surface area contributed by atoms with E-state index in [0.29, 0.717) is 37.8 Å². The van der Waals surface area contributed by atoms with Crippen LogP contribution in [0.4, 0.5) is 0 Å². The van der Waals surface area contributed by atoms with Gasteiger partial charge < -0.3 is 9.47 Å². The van der Waals surface area contributed by atoms with Crippen molar-refractivity contribution in [2.45, 2.75) is 10.9 Å². The molecule has 0 bridgehead atoms. The van der Waals surface area contributed by atoms with Crippen LogP contribution in [-0.2, 0) is 10.0 Å². The fourth-order valence-electron chi connectivity index (χ4n) is 2.51. The van der Waals surface area contributed by atoms with Gasteiger partial charge >= 0.3 is 0 Å². The van der Waals surface area contributed by atoms with E-state index in [1.54, 1.807) is 24.5 Å². The molecule has 2 aliphatic rings. The summed E-state index contributed by atoms with van der Waals surface area (Å²) < 4.78 is 37.4. The Bertz CT molecular complexity index is 784. The minimum absolute atomic E-state index is 0.0121. The molecular formula is C13H14N4O4S. The van der Waals surface area contributed by atoms with Crippen LogP contribution in [0.5, 0.6) is 11.5 Å². The van der Waals surface area contributed by atoms with Crippen molar-refractivity contribution < 1.29 is 17.9 Å². The zero-order valence-corrected chi connectivity index (χ0v) is 12.4. The van der Waals surface area contributed by atoms with E-state index >= 15 is 0 Å². The van der Waals surface area contributed by atoms with Crippen molar-refractivity contribution in [2.75, 3.05) is 26.3 Å². The van der Waals surface area contributed by atoms with E-state index in [-0.39, 0.29) is 10.9 Å². The van der Waals surface area contributed by atoms with Gasteiger partial charge in [0.1, 0.15) is 13.2 Å². The van der Waals surface area contributed by atoms with Gasteiger partial charge in [0.05, 0.1) is 23.3 Å². The van der Waals surface area contributed by atoms with Gasteiger partial charge in [-0.2, -0.15) is 19.3 Å². The van der Waals surface area contributed by atoms with Crippen molar-refractivity contribution in [1.82, 2.24) is 19.3 Å². The van der Waals surface area contributed by atoms with Gasteiger partial charge in [0.15, 0.2) is 11.5 Å². The van der Waals surface area contributed by atoms with Gasteiger partial charge in [0.2, 0.25) is 10.0 Å². The quantitative estimate of drug-likeness (QED) is 0.807. The molecule has 4 rings (SSSR count). The van der Waals surface area contributed by atoms with Crippen LogP contribution in [0.2, 0.25) is 0 Å². The molecule has 8 nitrogen and oxygen atoms in total. The van der Waals surface area contributed by atoms with Gasteiger partial charge in [-0.15, -0.1) is 0 Å². The molecule has 22 heavy (non-hydrogen) atoms. The summed E-state index contributed by atoms with van der Waals surface area (Å²) in [5.74, 6) is 1.05. The minimum Gasteiger partial charge on any atom is -0.486 e. The van der Waals surface area contributed by atoms with Crippen LogP contribution in [0.25, 0.3) is 0 Å². The number of benzene rings is 1. The monoisotopic (exact) mass is 322 g/mol. The first-order valence-electron chi connectivity index (χ1n) is 6.90. The topological polar surface area (TPSA) is 86.6 Å². The SMILES string of the molecule is O=S(=O)(c1ccc2c(c1)OCCO2)N1CC(n2nccn2)C1. The van der Waals surface area contributed by atoms with Crippen molar-refractivity contribution >= 4 is 10.0 Å². The average Bonchev–Trinajstić information content (AvgIpc) is 2.99. The number of aromatic nitrogens is 3. The second-order valence-electron chi connectivity index (χ2n) is 5.13. The molecule has 116 valence electrons. The van der Waals surface area contributed by atoms with Gasteiger partial charge in [0.25, 0.3) is 0 Å². The third-order valence-corrected chi connectivity index (χ3v) is 5.57. The highest BCUT2D eigenvalue weighted by Gasteiger charge is 2.39. The number of hydrogen-bond acceptors (Lipinski definition) is 6. The van der Waals surface area contributed by atoms with E-state index in [1.165, 1.54) is 15.2 Å². The lowest BCUT2D eigenvalue weighted by atomic mass is 10.2. The van der Waals surface area contributed by atoms with Crippen LogP contribution in [0, 0.1) is 0 Å². The highest BCUT2D eigenvalue weighted by molar-refractivity contribution is 7.89. The molecule has 0 amide bonds. The lowest BCUT2D eigenvalue weighted by Gasteiger charge is -2.37. The zero-order chi connectivity index (χ0) is 15.2. The van der Waals surface area contributed by atoms with Crippen LogP contribution in [0.1, 0.15) is 6.04 Å². The Hall–Kier alpha value is -2.13. The molecule has 0 radical (unpaired) electrons. The Kier molecular flexibility index (Phi) is 3.05. The normalized spacial score (nSPS) is 18.9. The number of ether oxygens (including phenoxy) is 2. The number of nitrogens with zero attached hydrogens (tertiary/aromatic N) is 4. The van der Waals surface area contributed by atoms with Crippen LogP contribution in [-0.4, -0.2) is 54.0 Å². The number of sulfonamides is 1. The van der Waals surface area contributed by atoms with E-state index < -0.39 is 10.0 Å². The molecule has 2 aromatic rings. The van der Waals surface area contributed by atoms with Crippen molar-refractivity contribution in [3.63, 3.8) is 0 Å². The summed E-state index contributed by atoms with van der Waals surface area (Å²) in [6.07, 6.45) is 3.16. The molecule has 0 unspecified atom stereocenters. The Morgan fingerprint density at radius 1 is 1.05 bits per heavy atom. The van der Waals surface area contributed by atoms with Gasteiger partial charge in [-0.25, -0.2) is 8.42 Å². The molecule has 1 aromatic carbocycles. The molecule has 1 aromatic heterocycles. The molecule has 0 aliphatic carbocycles. The van der Waals surface area contributed by atoms with Gasteiger partial charge in [-0.1, -0.05) is 0 Å². The highest BCUT2D eigenvalue weighted by atomic mass is 32.2.